The molecule has 0 aromatic heterocycles. The van der Waals surface area contributed by atoms with E-state index in [9.17, 15) is 4.79 Å². The number of carbonyl (C=O) groups excluding carboxylic acids is 1. The molecular weight excluding hydrogens is 258 g/mol. The Balaban J connectivity index is 2.74. The number of esters is 1. The van der Waals surface area contributed by atoms with Gasteiger partial charge in [-0.05, 0) is 25.1 Å². The molecule has 0 saturated carbocycles. The van der Waals surface area contributed by atoms with Crippen LogP contribution in [0.3, 0.4) is 0 Å². The predicted molar refractivity (Wildman–Crippen MR) is 77.1 cm³/mol. The quantitative estimate of drug-likeness (QED) is 0.740. The van der Waals surface area contributed by atoms with Crippen LogP contribution in [0.5, 0.6) is 11.5 Å². The van der Waals surface area contributed by atoms with Crippen molar-refractivity contribution in [2.24, 2.45) is 0 Å². The monoisotopic (exact) mass is 281 g/mol. The van der Waals surface area contributed by atoms with Gasteiger partial charge in [0.15, 0.2) is 6.61 Å². The highest BCUT2D eigenvalue weighted by atomic mass is 16.6. The van der Waals surface area contributed by atoms with Crippen molar-refractivity contribution < 1.29 is 19.0 Å². The minimum atomic E-state index is -0.369. The van der Waals surface area contributed by atoms with Gasteiger partial charge in [-0.25, -0.2) is 4.79 Å². The van der Waals surface area contributed by atoms with Crippen LogP contribution in [0.2, 0.25) is 0 Å². The lowest BCUT2D eigenvalue weighted by molar-refractivity contribution is -0.145. The summed E-state index contributed by atoms with van der Waals surface area (Å²) in [7, 11) is 1.62. The van der Waals surface area contributed by atoms with Gasteiger partial charge in [-0.3, -0.25) is 0 Å². The molecule has 0 fully saturated rings. The van der Waals surface area contributed by atoms with Crippen LogP contribution in [-0.4, -0.2) is 32.3 Å². The summed E-state index contributed by atoms with van der Waals surface area (Å²) in [5.74, 6) is 1.05. The molecule has 0 atom stereocenters. The van der Waals surface area contributed by atoms with Gasteiger partial charge in [-0.2, -0.15) is 0 Å². The summed E-state index contributed by atoms with van der Waals surface area (Å²) in [4.78, 5) is 11.3. The van der Waals surface area contributed by atoms with Crippen LogP contribution in [-0.2, 0) is 16.1 Å². The molecule has 0 aliphatic heterocycles. The first-order chi connectivity index (χ1) is 9.56. The number of ether oxygens (including phenoxy) is 3. The van der Waals surface area contributed by atoms with Crippen LogP contribution < -0.4 is 14.8 Å². The summed E-state index contributed by atoms with van der Waals surface area (Å²) < 4.78 is 15.6. The maximum absolute atomic E-state index is 11.3. The van der Waals surface area contributed by atoms with E-state index in [-0.39, 0.29) is 12.6 Å². The highest BCUT2D eigenvalue weighted by Gasteiger charge is 2.09. The van der Waals surface area contributed by atoms with Gasteiger partial charge in [0.25, 0.3) is 0 Å². The number of nitrogens with one attached hydrogen (secondary N) is 1. The number of hydrogen-bond donors (Lipinski definition) is 1. The summed E-state index contributed by atoms with van der Waals surface area (Å²) in [6.45, 7) is 6.82. The summed E-state index contributed by atoms with van der Waals surface area (Å²) in [5.41, 5.74) is 0.947. The largest absolute Gasteiger partial charge is 0.497 e. The standard InChI is InChI=1S/C15H23NO4/c1-5-19-15(17)10-20-14-7-6-13(18-4)8-12(14)9-16-11(2)3/h6-8,11,16H,5,9-10H2,1-4H3. The second-order valence-corrected chi connectivity index (χ2v) is 4.60. The van der Waals surface area contributed by atoms with E-state index in [0.717, 1.165) is 11.3 Å². The zero-order valence-electron chi connectivity index (χ0n) is 12.6. The fourth-order valence-corrected chi connectivity index (χ4v) is 1.62. The first kappa shape index (κ1) is 16.3. The molecular formula is C15H23NO4. The van der Waals surface area contributed by atoms with Crippen molar-refractivity contribution in [2.75, 3.05) is 20.3 Å². The van der Waals surface area contributed by atoms with Crippen LogP contribution in [0.25, 0.3) is 0 Å². The Labute approximate surface area is 120 Å². The van der Waals surface area contributed by atoms with Crippen molar-refractivity contribution in [2.45, 2.75) is 33.4 Å². The number of methoxy groups -OCH3 is 1. The van der Waals surface area contributed by atoms with Crippen molar-refractivity contribution in [3.8, 4) is 11.5 Å². The Hall–Kier alpha value is -1.75. The molecule has 0 unspecified atom stereocenters. The zero-order chi connectivity index (χ0) is 15.0. The Morgan fingerprint density at radius 3 is 2.70 bits per heavy atom. The molecule has 20 heavy (non-hydrogen) atoms. The van der Waals surface area contributed by atoms with Crippen LogP contribution >= 0.6 is 0 Å². The second-order valence-electron chi connectivity index (χ2n) is 4.60. The van der Waals surface area contributed by atoms with Crippen LogP contribution in [0.4, 0.5) is 0 Å². The Kier molecular flexibility index (Phi) is 6.87. The fraction of sp³-hybridized carbons (Fsp3) is 0.533. The van der Waals surface area contributed by atoms with Crippen molar-refractivity contribution in [3.63, 3.8) is 0 Å². The number of carbonyl (C=O) groups is 1. The summed E-state index contributed by atoms with van der Waals surface area (Å²) in [6.07, 6.45) is 0. The molecule has 1 aromatic rings. The normalized spacial score (nSPS) is 10.4. The molecule has 5 nitrogen and oxygen atoms in total. The van der Waals surface area contributed by atoms with E-state index in [1.807, 2.05) is 6.07 Å². The van der Waals surface area contributed by atoms with Crippen molar-refractivity contribution in [1.82, 2.24) is 5.32 Å². The van der Waals surface area contributed by atoms with E-state index < -0.39 is 0 Å². The van der Waals surface area contributed by atoms with Gasteiger partial charge < -0.3 is 19.5 Å². The molecule has 0 amide bonds. The maximum Gasteiger partial charge on any atom is 0.344 e. The van der Waals surface area contributed by atoms with Gasteiger partial charge in [0, 0.05) is 18.2 Å². The Morgan fingerprint density at radius 2 is 2.10 bits per heavy atom. The van der Waals surface area contributed by atoms with E-state index in [4.69, 9.17) is 14.2 Å². The highest BCUT2D eigenvalue weighted by Crippen LogP contribution is 2.24. The molecule has 1 aromatic carbocycles. The third-order valence-corrected chi connectivity index (χ3v) is 2.62. The van der Waals surface area contributed by atoms with Gasteiger partial charge in [-0.15, -0.1) is 0 Å². The molecule has 0 radical (unpaired) electrons. The second kappa shape index (κ2) is 8.43. The fourth-order valence-electron chi connectivity index (χ4n) is 1.62. The van der Waals surface area contributed by atoms with E-state index in [1.54, 1.807) is 26.2 Å². The van der Waals surface area contributed by atoms with Crippen LogP contribution in [0.15, 0.2) is 18.2 Å². The van der Waals surface area contributed by atoms with Crippen LogP contribution in [0.1, 0.15) is 26.3 Å². The van der Waals surface area contributed by atoms with Gasteiger partial charge in [0.1, 0.15) is 11.5 Å². The lowest BCUT2D eigenvalue weighted by Crippen LogP contribution is -2.22. The van der Waals surface area contributed by atoms with Gasteiger partial charge in [0.05, 0.1) is 13.7 Å². The lowest BCUT2D eigenvalue weighted by atomic mass is 10.1. The third kappa shape index (κ3) is 5.48. The Morgan fingerprint density at radius 1 is 1.35 bits per heavy atom. The molecule has 0 aliphatic carbocycles. The van der Waals surface area contributed by atoms with Crippen LogP contribution in [0, 0.1) is 0 Å². The van der Waals surface area contributed by atoms with E-state index in [1.165, 1.54) is 0 Å². The lowest BCUT2D eigenvalue weighted by Gasteiger charge is -2.14. The minimum Gasteiger partial charge on any atom is -0.497 e. The van der Waals surface area contributed by atoms with E-state index in [0.29, 0.717) is 24.9 Å². The molecule has 0 aliphatic rings. The molecule has 112 valence electrons. The average molecular weight is 281 g/mol. The van der Waals surface area contributed by atoms with Gasteiger partial charge >= 0.3 is 5.97 Å². The molecule has 0 spiro atoms. The number of benzene rings is 1. The van der Waals surface area contributed by atoms with E-state index >= 15 is 0 Å². The molecule has 1 N–H and O–H groups in total. The SMILES string of the molecule is CCOC(=O)COc1ccc(OC)cc1CNC(C)C. The maximum atomic E-state index is 11.3. The summed E-state index contributed by atoms with van der Waals surface area (Å²) in [5, 5.41) is 3.31. The smallest absolute Gasteiger partial charge is 0.344 e. The summed E-state index contributed by atoms with van der Waals surface area (Å²) >= 11 is 0. The molecule has 1 rings (SSSR count). The van der Waals surface area contributed by atoms with Crippen molar-refractivity contribution in [3.05, 3.63) is 23.8 Å². The molecule has 0 saturated heterocycles. The summed E-state index contributed by atoms with van der Waals surface area (Å²) in [6, 6.07) is 5.86. The minimum absolute atomic E-state index is 0.0884. The predicted octanol–water partition coefficient (Wildman–Crippen LogP) is 2.14. The zero-order valence-corrected chi connectivity index (χ0v) is 12.6. The Bertz CT molecular complexity index is 432. The number of rotatable bonds is 8. The first-order valence-corrected chi connectivity index (χ1v) is 6.75. The molecule has 5 heteroatoms. The molecule has 0 heterocycles. The molecule has 0 bridgehead atoms. The topological polar surface area (TPSA) is 56.8 Å². The van der Waals surface area contributed by atoms with Crippen molar-refractivity contribution >= 4 is 5.97 Å². The first-order valence-electron chi connectivity index (χ1n) is 6.75. The highest BCUT2D eigenvalue weighted by molar-refractivity contribution is 5.71. The van der Waals surface area contributed by atoms with Crippen molar-refractivity contribution in [1.29, 1.82) is 0 Å². The third-order valence-electron chi connectivity index (χ3n) is 2.62. The van der Waals surface area contributed by atoms with E-state index in [2.05, 4.69) is 19.2 Å². The average Bonchev–Trinajstić information content (AvgIpc) is 2.43. The van der Waals surface area contributed by atoms with Gasteiger partial charge in [-0.1, -0.05) is 13.8 Å². The number of hydrogen-bond acceptors (Lipinski definition) is 5. The van der Waals surface area contributed by atoms with Gasteiger partial charge in [0.2, 0.25) is 0 Å².